The minimum atomic E-state index is -3.86. The lowest BCUT2D eigenvalue weighted by Crippen LogP contribution is -2.14. The third-order valence-corrected chi connectivity index (χ3v) is 6.48. The van der Waals surface area contributed by atoms with E-state index in [-0.39, 0.29) is 24.9 Å². The lowest BCUT2D eigenvalue weighted by molar-refractivity contribution is 0.212. The van der Waals surface area contributed by atoms with Crippen LogP contribution in [0.25, 0.3) is 17.2 Å². The summed E-state index contributed by atoms with van der Waals surface area (Å²) in [5.41, 5.74) is 2.98. The molecule has 0 saturated heterocycles. The zero-order valence-electron chi connectivity index (χ0n) is 19.5. The van der Waals surface area contributed by atoms with E-state index in [1.54, 1.807) is 0 Å². The molecule has 0 saturated carbocycles. The van der Waals surface area contributed by atoms with Crippen molar-refractivity contribution in [2.45, 2.75) is 6.92 Å². The third-order valence-electron chi connectivity index (χ3n) is 5.02. The number of nitrogens with zero attached hydrogens (tertiary/aromatic N) is 2. The molecule has 0 spiro atoms. The van der Waals surface area contributed by atoms with Crippen LogP contribution in [0.2, 0.25) is 0 Å². The Kier molecular flexibility index (Phi) is 8.35. The van der Waals surface area contributed by atoms with E-state index in [4.69, 9.17) is 9.47 Å². The van der Waals surface area contributed by atoms with Crippen LogP contribution in [0.15, 0.2) is 95.1 Å². The molecule has 0 fully saturated rings. The molecule has 0 amide bonds. The molecule has 0 aliphatic carbocycles. The van der Waals surface area contributed by atoms with Crippen molar-refractivity contribution in [2.24, 2.45) is 0 Å². The number of nitrogens with one attached hydrogen (secondary N) is 1. The number of rotatable bonds is 10. The molecule has 7 nitrogen and oxygen atoms in total. The predicted octanol–water partition coefficient (Wildman–Crippen LogP) is 6.08. The van der Waals surface area contributed by atoms with Crippen LogP contribution < -0.4 is 14.2 Å². The van der Waals surface area contributed by atoms with Gasteiger partial charge >= 0.3 is 0 Å². The van der Waals surface area contributed by atoms with Crippen LogP contribution in [0.4, 0.5) is 5.82 Å². The zero-order valence-corrected chi connectivity index (χ0v) is 21.9. The van der Waals surface area contributed by atoms with Crippen LogP contribution >= 0.6 is 15.9 Å². The molecule has 1 aromatic heterocycles. The van der Waals surface area contributed by atoms with Gasteiger partial charge in [0.05, 0.1) is 11.0 Å². The first-order chi connectivity index (χ1) is 17.4. The summed E-state index contributed by atoms with van der Waals surface area (Å²) in [4.78, 5) is 8.48. The molecule has 4 aromatic rings. The fourth-order valence-corrected chi connectivity index (χ4v) is 4.50. The summed E-state index contributed by atoms with van der Waals surface area (Å²) in [5.74, 6) is 1.07. The van der Waals surface area contributed by atoms with Crippen molar-refractivity contribution in [3.8, 4) is 22.8 Å². The Morgan fingerprint density at radius 1 is 0.917 bits per heavy atom. The van der Waals surface area contributed by atoms with Crippen LogP contribution in [0.5, 0.6) is 11.6 Å². The van der Waals surface area contributed by atoms with Gasteiger partial charge in [-0.15, -0.1) is 0 Å². The maximum absolute atomic E-state index is 12.8. The monoisotopic (exact) mass is 565 g/mol. The summed E-state index contributed by atoms with van der Waals surface area (Å²) in [7, 11) is -3.86. The second-order valence-electron chi connectivity index (χ2n) is 7.78. The molecule has 0 aliphatic rings. The van der Waals surface area contributed by atoms with Crippen molar-refractivity contribution in [2.75, 3.05) is 17.9 Å². The Balaban J connectivity index is 1.56. The minimum absolute atomic E-state index is 0.120. The highest BCUT2D eigenvalue weighted by Crippen LogP contribution is 2.34. The summed E-state index contributed by atoms with van der Waals surface area (Å²) in [6, 6.07) is 24.3. The van der Waals surface area contributed by atoms with Gasteiger partial charge in [0.25, 0.3) is 10.0 Å². The number of sulfonamides is 1. The fraction of sp³-hybridized carbons (Fsp3) is 0.111. The maximum Gasteiger partial charge on any atom is 0.256 e. The van der Waals surface area contributed by atoms with Crippen molar-refractivity contribution >= 4 is 37.8 Å². The van der Waals surface area contributed by atoms with Gasteiger partial charge in [-0.1, -0.05) is 82.2 Å². The van der Waals surface area contributed by atoms with Gasteiger partial charge in [-0.25, -0.2) is 18.4 Å². The highest BCUT2D eigenvalue weighted by molar-refractivity contribution is 9.10. The van der Waals surface area contributed by atoms with E-state index in [0.717, 1.165) is 21.0 Å². The smallest absolute Gasteiger partial charge is 0.256 e. The van der Waals surface area contributed by atoms with E-state index in [1.165, 1.54) is 12.4 Å². The Bertz CT molecular complexity index is 1440. The molecule has 9 heteroatoms. The average Bonchev–Trinajstić information content (AvgIpc) is 2.87. The average molecular weight is 566 g/mol. The van der Waals surface area contributed by atoms with Gasteiger partial charge in [-0.2, -0.15) is 0 Å². The van der Waals surface area contributed by atoms with Crippen LogP contribution in [0, 0.1) is 6.92 Å². The quantitative estimate of drug-likeness (QED) is 0.234. The first kappa shape index (κ1) is 25.4. The second kappa shape index (κ2) is 11.8. The SMILES string of the molecule is Cc1ccc(-c2c(NS(=O)(=O)C=Cc3ccccc3)ncnc2OCCOc2cccc(Br)c2)cc1. The summed E-state index contributed by atoms with van der Waals surface area (Å²) in [6.45, 7) is 2.44. The van der Waals surface area contributed by atoms with E-state index in [2.05, 4.69) is 30.6 Å². The van der Waals surface area contributed by atoms with Crippen LogP contribution in [-0.4, -0.2) is 31.6 Å². The Morgan fingerprint density at radius 3 is 2.42 bits per heavy atom. The van der Waals surface area contributed by atoms with Gasteiger partial charge in [0.2, 0.25) is 5.88 Å². The minimum Gasteiger partial charge on any atom is -0.490 e. The Morgan fingerprint density at radius 2 is 1.67 bits per heavy atom. The van der Waals surface area contributed by atoms with Crippen molar-refractivity contribution in [3.63, 3.8) is 0 Å². The lowest BCUT2D eigenvalue weighted by Gasteiger charge is -2.15. The van der Waals surface area contributed by atoms with Gasteiger partial charge in [0, 0.05) is 4.47 Å². The Labute approximate surface area is 219 Å². The molecule has 0 bridgehead atoms. The standard InChI is InChI=1S/C27H24BrN3O4S/c1-20-10-12-22(13-11-20)25-26(31-36(32,33)17-14-21-6-3-2-4-7-21)29-19-30-27(25)35-16-15-34-24-9-5-8-23(28)18-24/h2-14,17-19H,15-16H2,1H3,(H,29,30,31). The van der Waals surface area contributed by atoms with Gasteiger partial charge < -0.3 is 9.47 Å². The third kappa shape index (κ3) is 7.16. The first-order valence-corrected chi connectivity index (χ1v) is 13.4. The number of benzene rings is 3. The summed E-state index contributed by atoms with van der Waals surface area (Å²) >= 11 is 3.42. The molecule has 4 rings (SSSR count). The molecule has 0 radical (unpaired) electrons. The van der Waals surface area contributed by atoms with Crippen LogP contribution in [0.1, 0.15) is 11.1 Å². The number of ether oxygens (including phenoxy) is 2. The van der Waals surface area contributed by atoms with Crippen molar-refractivity contribution in [1.82, 2.24) is 9.97 Å². The van der Waals surface area contributed by atoms with Crippen LogP contribution in [-0.2, 0) is 10.0 Å². The van der Waals surface area contributed by atoms with Gasteiger partial charge in [-0.3, -0.25) is 4.72 Å². The normalized spacial score (nSPS) is 11.4. The highest BCUT2D eigenvalue weighted by Gasteiger charge is 2.19. The Hall–Kier alpha value is -3.69. The predicted molar refractivity (Wildman–Crippen MR) is 145 cm³/mol. The van der Waals surface area contributed by atoms with Gasteiger partial charge in [-0.05, 0) is 42.3 Å². The molecule has 0 aliphatic heterocycles. The highest BCUT2D eigenvalue weighted by atomic mass is 79.9. The van der Waals surface area contributed by atoms with Crippen molar-refractivity contribution < 1.29 is 17.9 Å². The molecule has 1 N–H and O–H groups in total. The van der Waals surface area contributed by atoms with E-state index >= 15 is 0 Å². The van der Waals surface area contributed by atoms with Crippen LogP contribution in [0.3, 0.4) is 0 Å². The number of hydrogen-bond acceptors (Lipinski definition) is 6. The molecule has 0 unspecified atom stereocenters. The molecule has 184 valence electrons. The largest absolute Gasteiger partial charge is 0.490 e. The first-order valence-electron chi connectivity index (χ1n) is 11.1. The number of hydrogen-bond donors (Lipinski definition) is 1. The number of anilines is 1. The summed E-state index contributed by atoms with van der Waals surface area (Å²) < 4.78 is 40.8. The van der Waals surface area contributed by atoms with E-state index in [1.807, 2.05) is 85.8 Å². The van der Waals surface area contributed by atoms with Crippen molar-refractivity contribution in [3.05, 3.63) is 106 Å². The summed E-state index contributed by atoms with van der Waals surface area (Å²) in [5, 5.41) is 1.11. The molecular weight excluding hydrogens is 542 g/mol. The zero-order chi connectivity index (χ0) is 25.4. The number of halogens is 1. The molecule has 0 atom stereocenters. The van der Waals surface area contributed by atoms with Crippen molar-refractivity contribution in [1.29, 1.82) is 0 Å². The van der Waals surface area contributed by atoms with E-state index in [9.17, 15) is 8.42 Å². The second-order valence-corrected chi connectivity index (χ2v) is 10.3. The van der Waals surface area contributed by atoms with E-state index in [0.29, 0.717) is 16.9 Å². The van der Waals surface area contributed by atoms with Gasteiger partial charge in [0.1, 0.15) is 25.3 Å². The topological polar surface area (TPSA) is 90.4 Å². The number of aryl methyl sites for hydroxylation is 1. The molecule has 1 heterocycles. The fourth-order valence-electron chi connectivity index (χ4n) is 3.29. The molecule has 36 heavy (non-hydrogen) atoms. The van der Waals surface area contributed by atoms with Gasteiger partial charge in [0.15, 0.2) is 5.82 Å². The molecule has 3 aromatic carbocycles. The lowest BCUT2D eigenvalue weighted by atomic mass is 10.1. The molecular formula is C27H24BrN3O4S. The number of aromatic nitrogens is 2. The summed E-state index contributed by atoms with van der Waals surface area (Å²) in [6.07, 6.45) is 2.78. The maximum atomic E-state index is 12.8. The van der Waals surface area contributed by atoms with E-state index < -0.39 is 10.0 Å².